The summed E-state index contributed by atoms with van der Waals surface area (Å²) in [6, 6.07) is 3.36. The van der Waals surface area contributed by atoms with E-state index in [-0.39, 0.29) is 0 Å². The summed E-state index contributed by atoms with van der Waals surface area (Å²) in [4.78, 5) is 3.76. The molecule has 0 fully saturated rings. The highest BCUT2D eigenvalue weighted by molar-refractivity contribution is 5.99. The molecule has 1 aromatic rings. The molecule has 2 nitrogen and oxygen atoms in total. The fourth-order valence-corrected chi connectivity index (χ4v) is 0.417. The van der Waals surface area contributed by atoms with E-state index in [0.717, 1.165) is 0 Å². The number of pyridine rings is 1. The predicted octanol–water partition coefficient (Wildman–Crippen LogP) is 0.544. The van der Waals surface area contributed by atoms with Crippen LogP contribution in [0.5, 0.6) is 5.75 Å². The van der Waals surface area contributed by atoms with Gasteiger partial charge in [-0.25, -0.2) is 0 Å². The lowest BCUT2D eigenvalue weighted by Crippen LogP contribution is -1.82. The van der Waals surface area contributed by atoms with E-state index in [0.29, 0.717) is 5.75 Å². The van der Waals surface area contributed by atoms with Gasteiger partial charge in [-0.2, -0.15) is 0 Å². The second-order valence-corrected chi connectivity index (χ2v) is 1.30. The van der Waals surface area contributed by atoms with Crippen molar-refractivity contribution in [2.45, 2.75) is 0 Å². The van der Waals surface area contributed by atoms with E-state index in [9.17, 15) is 0 Å². The van der Waals surface area contributed by atoms with Crippen LogP contribution in [0.3, 0.4) is 0 Å². The zero-order valence-electron chi connectivity index (χ0n) is 4.24. The van der Waals surface area contributed by atoms with Gasteiger partial charge in [0.25, 0.3) is 0 Å². The Bertz CT molecular complexity index is 154. The highest BCUT2D eigenvalue weighted by atomic mass is 16.4. The van der Waals surface area contributed by atoms with Crippen LogP contribution in [0.2, 0.25) is 0 Å². The normalized spacial score (nSPS) is 8.50. The number of nitrogens with zero attached hydrogens (tertiary/aromatic N) is 1. The summed E-state index contributed by atoms with van der Waals surface area (Å²) in [6.07, 6.45) is 3.23. The minimum atomic E-state index is 0.625. The summed E-state index contributed by atoms with van der Waals surface area (Å²) in [7, 11) is 4.82. The highest BCUT2D eigenvalue weighted by Crippen LogP contribution is 2.03. The van der Waals surface area contributed by atoms with Crippen molar-refractivity contribution in [3.63, 3.8) is 0 Å². The molecule has 8 heavy (non-hydrogen) atoms. The Hall–Kier alpha value is -0.985. The van der Waals surface area contributed by atoms with E-state index in [2.05, 4.69) is 9.64 Å². The summed E-state index contributed by atoms with van der Waals surface area (Å²) in [6.45, 7) is 0. The molecule has 2 radical (unpaired) electrons. The molecule has 38 valence electrons. The van der Waals surface area contributed by atoms with Gasteiger partial charge < -0.3 is 4.65 Å². The quantitative estimate of drug-likeness (QED) is 0.486. The molecule has 0 spiro atoms. The Morgan fingerprint density at radius 3 is 2.38 bits per heavy atom. The van der Waals surface area contributed by atoms with Crippen molar-refractivity contribution < 1.29 is 4.65 Å². The molecule has 0 bridgehead atoms. The lowest BCUT2D eigenvalue weighted by atomic mass is 10.4. The summed E-state index contributed by atoms with van der Waals surface area (Å²) in [5.41, 5.74) is 0. The number of hydrogen-bond acceptors (Lipinski definition) is 2. The van der Waals surface area contributed by atoms with Crippen LogP contribution in [-0.2, 0) is 0 Å². The van der Waals surface area contributed by atoms with E-state index in [4.69, 9.17) is 8.05 Å². The molecule has 0 aliphatic heterocycles. The molecule has 0 atom stereocenters. The zero-order chi connectivity index (χ0) is 5.82. The predicted molar refractivity (Wildman–Crippen MR) is 30.6 cm³/mol. The van der Waals surface area contributed by atoms with Crippen LogP contribution in [0.25, 0.3) is 0 Å². The molecule has 1 rings (SSSR count). The van der Waals surface area contributed by atoms with E-state index in [1.54, 1.807) is 24.5 Å². The van der Waals surface area contributed by atoms with Crippen molar-refractivity contribution in [3.05, 3.63) is 24.5 Å². The molecule has 0 aliphatic rings. The maximum atomic E-state index is 4.82. The topological polar surface area (TPSA) is 22.1 Å². The van der Waals surface area contributed by atoms with Crippen LogP contribution < -0.4 is 4.65 Å². The first-order valence-corrected chi connectivity index (χ1v) is 2.20. The first-order chi connectivity index (χ1) is 3.93. The van der Waals surface area contributed by atoms with Crippen LogP contribution in [-0.4, -0.2) is 13.0 Å². The number of hydrogen-bond donors (Lipinski definition) is 0. The third kappa shape index (κ3) is 0.995. The van der Waals surface area contributed by atoms with Gasteiger partial charge in [-0.3, -0.25) is 4.98 Å². The molecule has 0 aromatic carbocycles. The first-order valence-electron chi connectivity index (χ1n) is 2.20. The molecular formula is C5H4BNO. The Morgan fingerprint density at radius 2 is 2.00 bits per heavy atom. The van der Waals surface area contributed by atoms with Crippen molar-refractivity contribution in [1.82, 2.24) is 4.98 Å². The third-order valence-corrected chi connectivity index (χ3v) is 0.786. The smallest absolute Gasteiger partial charge is 0.374 e. The lowest BCUT2D eigenvalue weighted by Gasteiger charge is -1.94. The van der Waals surface area contributed by atoms with Gasteiger partial charge in [0, 0.05) is 12.4 Å². The Labute approximate surface area is 49.0 Å². The average Bonchev–Trinajstić information content (AvgIpc) is 1.90. The molecule has 1 aromatic heterocycles. The van der Waals surface area contributed by atoms with Crippen LogP contribution >= 0.6 is 0 Å². The van der Waals surface area contributed by atoms with E-state index in [1.165, 1.54) is 0 Å². The van der Waals surface area contributed by atoms with Gasteiger partial charge in [-0.1, -0.05) is 0 Å². The van der Waals surface area contributed by atoms with Crippen molar-refractivity contribution in [2.75, 3.05) is 0 Å². The fraction of sp³-hybridized carbons (Fsp3) is 0. The van der Waals surface area contributed by atoms with Crippen molar-refractivity contribution in [3.8, 4) is 5.75 Å². The monoisotopic (exact) mass is 105 g/mol. The molecule has 0 amide bonds. The van der Waals surface area contributed by atoms with E-state index in [1.807, 2.05) is 0 Å². The average molecular weight is 105 g/mol. The summed E-state index contributed by atoms with van der Waals surface area (Å²) < 4.78 is 4.37. The maximum absolute atomic E-state index is 4.82. The SMILES string of the molecule is [B]Oc1ccncc1. The molecule has 0 unspecified atom stereocenters. The van der Waals surface area contributed by atoms with Gasteiger partial charge in [0.15, 0.2) is 0 Å². The lowest BCUT2D eigenvalue weighted by molar-refractivity contribution is 0.615. The maximum Gasteiger partial charge on any atom is 0.374 e. The van der Waals surface area contributed by atoms with Crippen LogP contribution in [0.15, 0.2) is 24.5 Å². The number of rotatable bonds is 1. The Balaban J connectivity index is 2.83. The largest absolute Gasteiger partial charge is 0.568 e. The Morgan fingerprint density at radius 1 is 1.38 bits per heavy atom. The fourth-order valence-electron chi connectivity index (χ4n) is 0.417. The summed E-state index contributed by atoms with van der Waals surface area (Å²) in [5, 5.41) is 0. The minimum Gasteiger partial charge on any atom is -0.568 e. The van der Waals surface area contributed by atoms with E-state index < -0.39 is 0 Å². The van der Waals surface area contributed by atoms with Crippen molar-refractivity contribution >= 4 is 8.05 Å². The van der Waals surface area contributed by atoms with Crippen molar-refractivity contribution in [1.29, 1.82) is 0 Å². The van der Waals surface area contributed by atoms with Gasteiger partial charge in [0.2, 0.25) is 0 Å². The second-order valence-electron chi connectivity index (χ2n) is 1.30. The zero-order valence-corrected chi connectivity index (χ0v) is 4.24. The van der Waals surface area contributed by atoms with Gasteiger partial charge in [-0.05, 0) is 12.1 Å². The van der Waals surface area contributed by atoms with Gasteiger partial charge in [0.1, 0.15) is 5.75 Å². The molecule has 0 saturated heterocycles. The molecule has 0 saturated carbocycles. The molecule has 0 aliphatic carbocycles. The van der Waals surface area contributed by atoms with E-state index >= 15 is 0 Å². The molecule has 1 heterocycles. The standard InChI is InChI=1S/C5H4BNO/c6-8-5-1-3-7-4-2-5/h1-4H. The van der Waals surface area contributed by atoms with Crippen LogP contribution in [0.1, 0.15) is 0 Å². The number of aromatic nitrogens is 1. The summed E-state index contributed by atoms with van der Waals surface area (Å²) in [5.74, 6) is 0.625. The third-order valence-electron chi connectivity index (χ3n) is 0.786. The molecular weight excluding hydrogens is 101 g/mol. The highest BCUT2D eigenvalue weighted by Gasteiger charge is 1.81. The van der Waals surface area contributed by atoms with Crippen LogP contribution in [0, 0.1) is 0 Å². The Kier molecular flexibility index (Phi) is 1.52. The second kappa shape index (κ2) is 2.35. The van der Waals surface area contributed by atoms with Crippen LogP contribution in [0.4, 0.5) is 0 Å². The summed E-state index contributed by atoms with van der Waals surface area (Å²) >= 11 is 0. The first kappa shape index (κ1) is 5.16. The van der Waals surface area contributed by atoms with Crippen molar-refractivity contribution in [2.24, 2.45) is 0 Å². The molecule has 0 N–H and O–H groups in total. The van der Waals surface area contributed by atoms with Gasteiger partial charge >= 0.3 is 8.05 Å². The molecule has 3 heteroatoms. The van der Waals surface area contributed by atoms with Gasteiger partial charge in [0.05, 0.1) is 0 Å². The minimum absolute atomic E-state index is 0.625. The van der Waals surface area contributed by atoms with Gasteiger partial charge in [-0.15, -0.1) is 0 Å².